The van der Waals surface area contributed by atoms with Crippen molar-refractivity contribution < 1.29 is 9.50 Å². The van der Waals surface area contributed by atoms with Crippen molar-refractivity contribution in [3.63, 3.8) is 0 Å². The summed E-state index contributed by atoms with van der Waals surface area (Å²) in [6.07, 6.45) is 0. The quantitative estimate of drug-likeness (QED) is 0.697. The Hall–Kier alpha value is -0.930. The molecule has 0 aliphatic heterocycles. The van der Waals surface area contributed by atoms with Crippen LogP contribution in [0.15, 0.2) is 18.2 Å². The van der Waals surface area contributed by atoms with Crippen molar-refractivity contribution in [3.05, 3.63) is 35.1 Å². The number of aliphatic hydroxyl groups is 1. The van der Waals surface area contributed by atoms with Crippen LogP contribution in [-0.2, 0) is 0 Å². The average Bonchev–Trinajstić information content (AvgIpc) is 2.08. The van der Waals surface area contributed by atoms with Gasteiger partial charge in [-0.2, -0.15) is 0 Å². The third kappa shape index (κ3) is 1.62. The van der Waals surface area contributed by atoms with Gasteiger partial charge in [-0.1, -0.05) is 12.1 Å². The fraction of sp³-hybridized carbons (Fsp3) is 0.333. The van der Waals surface area contributed by atoms with E-state index in [1.54, 1.807) is 19.1 Å². The summed E-state index contributed by atoms with van der Waals surface area (Å²) in [4.78, 5) is 0. The number of aliphatic hydroxyl groups excluding tert-OH is 1. The van der Waals surface area contributed by atoms with Crippen molar-refractivity contribution >= 4 is 0 Å². The fourth-order valence-electron chi connectivity index (χ4n) is 1.12. The third-order valence-electron chi connectivity index (χ3n) is 1.91. The van der Waals surface area contributed by atoms with E-state index in [-0.39, 0.29) is 12.4 Å². The van der Waals surface area contributed by atoms with Crippen LogP contribution in [-0.4, -0.2) is 11.7 Å². The number of rotatable bonds is 2. The van der Waals surface area contributed by atoms with E-state index < -0.39 is 6.04 Å². The van der Waals surface area contributed by atoms with E-state index in [0.29, 0.717) is 11.1 Å². The molecule has 3 N–H and O–H groups in total. The van der Waals surface area contributed by atoms with Crippen LogP contribution < -0.4 is 5.73 Å². The van der Waals surface area contributed by atoms with Crippen LogP contribution in [0, 0.1) is 12.7 Å². The molecule has 1 atom stereocenters. The van der Waals surface area contributed by atoms with Crippen LogP contribution >= 0.6 is 0 Å². The summed E-state index contributed by atoms with van der Waals surface area (Å²) in [6, 6.07) is 4.20. The summed E-state index contributed by atoms with van der Waals surface area (Å²) in [6.45, 7) is 1.49. The van der Waals surface area contributed by atoms with Gasteiger partial charge in [0.1, 0.15) is 5.82 Å². The summed E-state index contributed by atoms with van der Waals surface area (Å²) in [5.74, 6) is -0.281. The van der Waals surface area contributed by atoms with E-state index in [1.807, 2.05) is 0 Å². The first kappa shape index (κ1) is 9.16. The molecule has 12 heavy (non-hydrogen) atoms. The molecule has 0 saturated carbocycles. The SMILES string of the molecule is Cc1c(F)cccc1C(N)CO. The first-order valence-electron chi connectivity index (χ1n) is 3.78. The largest absolute Gasteiger partial charge is 0.394 e. The molecule has 1 rings (SSSR count). The Morgan fingerprint density at radius 1 is 1.58 bits per heavy atom. The van der Waals surface area contributed by atoms with Gasteiger partial charge in [-0.15, -0.1) is 0 Å². The summed E-state index contributed by atoms with van der Waals surface area (Å²) < 4.78 is 12.9. The lowest BCUT2D eigenvalue weighted by atomic mass is 10.0. The van der Waals surface area contributed by atoms with Crippen LogP contribution in [0.25, 0.3) is 0 Å². The Morgan fingerprint density at radius 2 is 2.25 bits per heavy atom. The molecule has 0 radical (unpaired) electrons. The Kier molecular flexibility index (Phi) is 2.78. The van der Waals surface area contributed by atoms with Crippen LogP contribution in [0.5, 0.6) is 0 Å². The second-order valence-corrected chi connectivity index (χ2v) is 2.74. The maximum atomic E-state index is 12.9. The molecule has 1 aromatic rings. The standard InChI is InChI=1S/C9H12FNO/c1-6-7(9(11)5-12)3-2-4-8(6)10/h2-4,9,12H,5,11H2,1H3. The molecule has 0 saturated heterocycles. The normalized spacial score (nSPS) is 13.0. The zero-order valence-corrected chi connectivity index (χ0v) is 6.92. The second-order valence-electron chi connectivity index (χ2n) is 2.74. The van der Waals surface area contributed by atoms with Gasteiger partial charge in [0.15, 0.2) is 0 Å². The number of hydrogen-bond acceptors (Lipinski definition) is 2. The predicted octanol–water partition coefficient (Wildman–Crippen LogP) is 1.13. The highest BCUT2D eigenvalue weighted by molar-refractivity contribution is 5.29. The van der Waals surface area contributed by atoms with E-state index in [2.05, 4.69) is 0 Å². The summed E-state index contributed by atoms with van der Waals surface area (Å²) >= 11 is 0. The van der Waals surface area contributed by atoms with Crippen molar-refractivity contribution in [2.24, 2.45) is 5.73 Å². The van der Waals surface area contributed by atoms with Gasteiger partial charge in [0.2, 0.25) is 0 Å². The third-order valence-corrected chi connectivity index (χ3v) is 1.91. The lowest BCUT2D eigenvalue weighted by molar-refractivity contribution is 0.267. The smallest absolute Gasteiger partial charge is 0.126 e. The van der Waals surface area contributed by atoms with Gasteiger partial charge in [-0.3, -0.25) is 0 Å². The monoisotopic (exact) mass is 169 g/mol. The van der Waals surface area contributed by atoms with Crippen molar-refractivity contribution in [1.29, 1.82) is 0 Å². The van der Waals surface area contributed by atoms with Gasteiger partial charge in [0, 0.05) is 0 Å². The summed E-state index contributed by atoms with van der Waals surface area (Å²) in [7, 11) is 0. The average molecular weight is 169 g/mol. The molecule has 0 heterocycles. The molecule has 0 aliphatic carbocycles. The Bertz CT molecular complexity index is 275. The summed E-state index contributed by atoms with van der Waals surface area (Å²) in [5, 5.41) is 8.76. The van der Waals surface area contributed by atoms with E-state index in [1.165, 1.54) is 6.07 Å². The molecule has 0 spiro atoms. The van der Waals surface area contributed by atoms with Gasteiger partial charge < -0.3 is 10.8 Å². The highest BCUT2D eigenvalue weighted by atomic mass is 19.1. The van der Waals surface area contributed by atoms with E-state index >= 15 is 0 Å². The maximum absolute atomic E-state index is 12.9. The molecular weight excluding hydrogens is 157 g/mol. The minimum Gasteiger partial charge on any atom is -0.394 e. The van der Waals surface area contributed by atoms with Gasteiger partial charge in [0.25, 0.3) is 0 Å². The molecule has 0 amide bonds. The first-order valence-corrected chi connectivity index (χ1v) is 3.78. The Labute approximate surface area is 70.8 Å². The Balaban J connectivity index is 3.07. The minimum atomic E-state index is -0.485. The van der Waals surface area contributed by atoms with Crippen molar-refractivity contribution in [2.75, 3.05) is 6.61 Å². The molecule has 66 valence electrons. The van der Waals surface area contributed by atoms with Crippen molar-refractivity contribution in [1.82, 2.24) is 0 Å². The van der Waals surface area contributed by atoms with Gasteiger partial charge in [-0.25, -0.2) is 4.39 Å². The highest BCUT2D eigenvalue weighted by Gasteiger charge is 2.09. The van der Waals surface area contributed by atoms with Gasteiger partial charge >= 0.3 is 0 Å². The highest BCUT2D eigenvalue weighted by Crippen LogP contribution is 2.17. The molecule has 0 aromatic heterocycles. The zero-order chi connectivity index (χ0) is 9.14. The predicted molar refractivity (Wildman–Crippen MR) is 45.2 cm³/mol. The molecule has 0 fully saturated rings. The van der Waals surface area contributed by atoms with E-state index in [0.717, 1.165) is 0 Å². The number of halogens is 1. The first-order chi connectivity index (χ1) is 5.66. The molecule has 1 unspecified atom stereocenters. The van der Waals surface area contributed by atoms with Crippen LogP contribution in [0.2, 0.25) is 0 Å². The zero-order valence-electron chi connectivity index (χ0n) is 6.92. The Morgan fingerprint density at radius 3 is 2.83 bits per heavy atom. The molecule has 0 aliphatic rings. The maximum Gasteiger partial charge on any atom is 0.126 e. The number of hydrogen-bond donors (Lipinski definition) is 2. The number of benzene rings is 1. The van der Waals surface area contributed by atoms with Crippen molar-refractivity contribution in [3.8, 4) is 0 Å². The van der Waals surface area contributed by atoms with Crippen LogP contribution in [0.3, 0.4) is 0 Å². The van der Waals surface area contributed by atoms with Gasteiger partial charge in [-0.05, 0) is 24.1 Å². The molecule has 2 nitrogen and oxygen atoms in total. The summed E-state index contributed by atoms with van der Waals surface area (Å²) in [5.41, 5.74) is 6.72. The number of nitrogens with two attached hydrogens (primary N) is 1. The van der Waals surface area contributed by atoms with E-state index in [9.17, 15) is 4.39 Å². The molecule has 3 heteroatoms. The van der Waals surface area contributed by atoms with Crippen LogP contribution in [0.1, 0.15) is 17.2 Å². The lowest BCUT2D eigenvalue weighted by Crippen LogP contribution is -2.16. The molecular formula is C9H12FNO. The fourth-order valence-corrected chi connectivity index (χ4v) is 1.12. The second kappa shape index (κ2) is 3.65. The topological polar surface area (TPSA) is 46.2 Å². The van der Waals surface area contributed by atoms with Crippen LogP contribution in [0.4, 0.5) is 4.39 Å². The molecule has 0 bridgehead atoms. The lowest BCUT2D eigenvalue weighted by Gasteiger charge is -2.11. The van der Waals surface area contributed by atoms with E-state index in [4.69, 9.17) is 10.8 Å². The van der Waals surface area contributed by atoms with Crippen molar-refractivity contribution in [2.45, 2.75) is 13.0 Å². The van der Waals surface area contributed by atoms with Gasteiger partial charge in [0.05, 0.1) is 12.6 Å². The minimum absolute atomic E-state index is 0.162. The molecule has 1 aromatic carbocycles.